The van der Waals surface area contributed by atoms with Gasteiger partial charge in [-0.05, 0) is 6.92 Å². The topological polar surface area (TPSA) is 37.5 Å². The van der Waals surface area contributed by atoms with E-state index in [-0.39, 0.29) is 19.0 Å². The zero-order valence-corrected chi connectivity index (χ0v) is 8.15. The average Bonchev–Trinajstić information content (AvgIpc) is 2.53. The summed E-state index contributed by atoms with van der Waals surface area (Å²) in [5.74, 6) is 0. The smallest absolute Gasteiger partial charge is 0.120 e. The van der Waals surface area contributed by atoms with Gasteiger partial charge < -0.3 is 5.11 Å². The molecule has 0 atom stereocenters. The molecule has 0 spiro atoms. The SMILES string of the molecule is Cc1c(CO)sc2cncn12.Cl. The molecule has 0 bridgehead atoms. The number of fused-ring (bicyclic) bond motifs is 1. The Morgan fingerprint density at radius 2 is 2.42 bits per heavy atom. The maximum absolute atomic E-state index is 8.91. The van der Waals surface area contributed by atoms with Gasteiger partial charge in [0, 0.05) is 5.69 Å². The van der Waals surface area contributed by atoms with Crippen LogP contribution in [0.15, 0.2) is 12.5 Å². The van der Waals surface area contributed by atoms with Crippen LogP contribution in [0.5, 0.6) is 0 Å². The summed E-state index contributed by atoms with van der Waals surface area (Å²) in [5, 5.41) is 8.91. The van der Waals surface area contributed by atoms with Crippen molar-refractivity contribution in [3.05, 3.63) is 23.1 Å². The molecule has 0 aliphatic heterocycles. The number of hydrogen-bond acceptors (Lipinski definition) is 3. The van der Waals surface area contributed by atoms with E-state index in [0.717, 1.165) is 15.4 Å². The third-order valence-corrected chi connectivity index (χ3v) is 2.92. The summed E-state index contributed by atoms with van der Waals surface area (Å²) in [6, 6.07) is 0. The van der Waals surface area contributed by atoms with Gasteiger partial charge in [0.15, 0.2) is 0 Å². The lowest BCUT2D eigenvalue weighted by atomic mass is 10.4. The molecule has 12 heavy (non-hydrogen) atoms. The number of aliphatic hydroxyl groups excluding tert-OH is 1. The lowest BCUT2D eigenvalue weighted by Crippen LogP contribution is -1.85. The first-order valence-electron chi connectivity index (χ1n) is 3.34. The van der Waals surface area contributed by atoms with Crippen LogP contribution >= 0.6 is 23.7 Å². The minimum Gasteiger partial charge on any atom is -0.391 e. The normalized spacial score (nSPS) is 10.2. The molecule has 2 rings (SSSR count). The number of hydrogen-bond donors (Lipinski definition) is 1. The molecule has 2 aromatic heterocycles. The van der Waals surface area contributed by atoms with Crippen molar-refractivity contribution in [1.82, 2.24) is 9.38 Å². The van der Waals surface area contributed by atoms with Crippen LogP contribution in [0.25, 0.3) is 4.83 Å². The summed E-state index contributed by atoms with van der Waals surface area (Å²) in [6.45, 7) is 2.11. The van der Waals surface area contributed by atoms with Gasteiger partial charge in [-0.2, -0.15) is 0 Å². The molecule has 2 aromatic rings. The van der Waals surface area contributed by atoms with Gasteiger partial charge in [0.25, 0.3) is 0 Å². The third kappa shape index (κ3) is 1.22. The number of rotatable bonds is 1. The highest BCUT2D eigenvalue weighted by Crippen LogP contribution is 2.21. The largest absolute Gasteiger partial charge is 0.391 e. The zero-order chi connectivity index (χ0) is 7.84. The van der Waals surface area contributed by atoms with E-state index >= 15 is 0 Å². The van der Waals surface area contributed by atoms with Crippen molar-refractivity contribution < 1.29 is 5.11 Å². The number of halogens is 1. The highest BCUT2D eigenvalue weighted by Gasteiger charge is 2.05. The summed E-state index contributed by atoms with van der Waals surface area (Å²) in [6.07, 6.45) is 3.57. The Morgan fingerprint density at radius 1 is 1.67 bits per heavy atom. The lowest BCUT2D eigenvalue weighted by Gasteiger charge is -1.90. The molecule has 0 saturated carbocycles. The monoisotopic (exact) mass is 204 g/mol. The Hall–Kier alpha value is -0.580. The van der Waals surface area contributed by atoms with Crippen LogP contribution in [0.2, 0.25) is 0 Å². The molecule has 0 radical (unpaired) electrons. The van der Waals surface area contributed by atoms with E-state index in [9.17, 15) is 0 Å². The van der Waals surface area contributed by atoms with Crippen LogP contribution in [0.1, 0.15) is 10.6 Å². The van der Waals surface area contributed by atoms with E-state index in [0.29, 0.717) is 0 Å². The van der Waals surface area contributed by atoms with E-state index in [1.807, 2.05) is 11.3 Å². The number of nitrogens with zero attached hydrogens (tertiary/aromatic N) is 2. The van der Waals surface area contributed by atoms with Gasteiger partial charge in [0.1, 0.15) is 11.2 Å². The van der Waals surface area contributed by atoms with Gasteiger partial charge >= 0.3 is 0 Å². The first-order chi connectivity index (χ1) is 5.33. The van der Waals surface area contributed by atoms with Crippen molar-refractivity contribution in [3.63, 3.8) is 0 Å². The van der Waals surface area contributed by atoms with Gasteiger partial charge in [0.2, 0.25) is 0 Å². The quantitative estimate of drug-likeness (QED) is 0.767. The van der Waals surface area contributed by atoms with Crippen molar-refractivity contribution >= 4 is 28.6 Å². The van der Waals surface area contributed by atoms with Crippen molar-refractivity contribution in [3.8, 4) is 0 Å². The maximum Gasteiger partial charge on any atom is 0.120 e. The van der Waals surface area contributed by atoms with Crippen LogP contribution in [-0.4, -0.2) is 14.5 Å². The van der Waals surface area contributed by atoms with E-state index in [1.165, 1.54) is 0 Å². The zero-order valence-electron chi connectivity index (χ0n) is 6.52. The molecule has 1 N–H and O–H groups in total. The molecule has 2 heterocycles. The molecule has 0 aliphatic rings. The Balaban J connectivity index is 0.000000720. The van der Waals surface area contributed by atoms with Gasteiger partial charge in [-0.25, -0.2) is 4.98 Å². The minimum atomic E-state index is 0. The first kappa shape index (κ1) is 9.51. The second-order valence-corrected chi connectivity index (χ2v) is 3.49. The average molecular weight is 205 g/mol. The van der Waals surface area contributed by atoms with Crippen molar-refractivity contribution in [1.29, 1.82) is 0 Å². The molecule has 0 amide bonds. The van der Waals surface area contributed by atoms with Crippen molar-refractivity contribution in [2.24, 2.45) is 0 Å². The molecule has 0 saturated heterocycles. The standard InChI is InChI=1S/C7H8N2OS.ClH/c1-5-6(3-10)11-7-2-8-4-9(5)7;/h2,4,10H,3H2,1H3;1H. The van der Waals surface area contributed by atoms with Crippen LogP contribution in [0, 0.1) is 6.92 Å². The minimum absolute atomic E-state index is 0. The molecule has 3 nitrogen and oxygen atoms in total. The maximum atomic E-state index is 8.91. The molecule has 0 unspecified atom stereocenters. The van der Waals surface area contributed by atoms with Crippen molar-refractivity contribution in [2.45, 2.75) is 13.5 Å². The van der Waals surface area contributed by atoms with E-state index in [4.69, 9.17) is 5.11 Å². The predicted octanol–water partition coefficient (Wildman–Crippen LogP) is 1.62. The summed E-state index contributed by atoms with van der Waals surface area (Å²) < 4.78 is 1.98. The fourth-order valence-corrected chi connectivity index (χ4v) is 2.05. The summed E-state index contributed by atoms with van der Waals surface area (Å²) in [5.41, 5.74) is 1.09. The molecular weight excluding hydrogens is 196 g/mol. The predicted molar refractivity (Wildman–Crippen MR) is 51.0 cm³/mol. The second-order valence-electron chi connectivity index (χ2n) is 2.37. The van der Waals surface area contributed by atoms with Crippen LogP contribution in [0.3, 0.4) is 0 Å². The summed E-state index contributed by atoms with van der Waals surface area (Å²) in [4.78, 5) is 6.09. The second kappa shape index (κ2) is 3.43. The van der Waals surface area contributed by atoms with Gasteiger partial charge in [-0.1, -0.05) is 0 Å². The highest BCUT2D eigenvalue weighted by molar-refractivity contribution is 7.17. The van der Waals surface area contributed by atoms with Gasteiger partial charge in [-0.3, -0.25) is 4.40 Å². The lowest BCUT2D eigenvalue weighted by molar-refractivity contribution is 0.284. The van der Waals surface area contributed by atoms with Gasteiger partial charge in [0.05, 0.1) is 17.7 Å². The number of imidazole rings is 1. The number of thiazole rings is 1. The fourth-order valence-electron chi connectivity index (χ4n) is 1.09. The third-order valence-electron chi connectivity index (χ3n) is 1.74. The number of aryl methyl sites for hydroxylation is 1. The van der Waals surface area contributed by atoms with Crippen LogP contribution in [-0.2, 0) is 6.61 Å². The highest BCUT2D eigenvalue weighted by atomic mass is 35.5. The number of aliphatic hydroxyl groups is 1. The van der Waals surface area contributed by atoms with Crippen LogP contribution < -0.4 is 0 Å². The Labute approximate surface area is 80.1 Å². The number of aromatic nitrogens is 2. The van der Waals surface area contributed by atoms with Crippen molar-refractivity contribution in [2.75, 3.05) is 0 Å². The Bertz CT molecular complexity index is 382. The molecular formula is C7H9ClN2OS. The van der Waals surface area contributed by atoms with E-state index < -0.39 is 0 Å². The molecule has 0 fully saturated rings. The molecule has 0 aliphatic carbocycles. The van der Waals surface area contributed by atoms with Gasteiger partial charge in [-0.15, -0.1) is 23.7 Å². The Kier molecular flexibility index (Phi) is 2.72. The summed E-state index contributed by atoms with van der Waals surface area (Å²) in [7, 11) is 0. The van der Waals surface area contributed by atoms with E-state index in [1.54, 1.807) is 23.9 Å². The summed E-state index contributed by atoms with van der Waals surface area (Å²) >= 11 is 1.58. The molecule has 0 aromatic carbocycles. The molecule has 5 heteroatoms. The first-order valence-corrected chi connectivity index (χ1v) is 4.16. The van der Waals surface area contributed by atoms with Crippen LogP contribution in [0.4, 0.5) is 0 Å². The van der Waals surface area contributed by atoms with E-state index in [2.05, 4.69) is 4.98 Å². The fraction of sp³-hybridized carbons (Fsp3) is 0.286. The Morgan fingerprint density at radius 3 is 3.00 bits per heavy atom. The molecule has 66 valence electrons.